The Labute approximate surface area is 173 Å². The molecule has 4 heteroatoms. The van der Waals surface area contributed by atoms with Crippen molar-refractivity contribution in [2.24, 2.45) is 0 Å². The van der Waals surface area contributed by atoms with Gasteiger partial charge in [0.1, 0.15) is 6.54 Å². The lowest BCUT2D eigenvalue weighted by molar-refractivity contribution is -0.671. The maximum absolute atomic E-state index is 5.60. The van der Waals surface area contributed by atoms with E-state index in [4.69, 9.17) is 9.47 Å². The van der Waals surface area contributed by atoms with E-state index in [2.05, 4.69) is 91.0 Å². The largest absolute Gasteiger partial charge is 0.454 e. The summed E-state index contributed by atoms with van der Waals surface area (Å²) in [5, 5.41) is 2.40. The fraction of sp³-hybridized carbons (Fsp3) is 0.280. The minimum atomic E-state index is 0.315. The minimum absolute atomic E-state index is 0.315. The van der Waals surface area contributed by atoms with E-state index in [1.54, 1.807) is 0 Å². The average molecular weight is 390 g/mol. The quantitative estimate of drug-likeness (QED) is 0.596. The summed E-state index contributed by atoms with van der Waals surface area (Å²) < 4.78 is 11.1. The third-order valence-electron chi connectivity index (χ3n) is 5.49. The van der Waals surface area contributed by atoms with E-state index >= 15 is 0 Å². The zero-order valence-corrected chi connectivity index (χ0v) is 17.2. The van der Waals surface area contributed by atoms with Crippen LogP contribution in [0.15, 0.2) is 72.8 Å². The molecule has 0 fully saturated rings. The molecule has 0 saturated heterocycles. The molecule has 2 N–H and O–H groups in total. The number of fused-ring (bicyclic) bond motifs is 1. The summed E-state index contributed by atoms with van der Waals surface area (Å²) in [6.45, 7) is 2.37. The lowest BCUT2D eigenvalue weighted by Crippen LogP contribution is -2.82. The third kappa shape index (κ3) is 4.72. The summed E-state index contributed by atoms with van der Waals surface area (Å²) >= 11 is 0. The highest BCUT2D eigenvalue weighted by Crippen LogP contribution is 2.37. The monoisotopic (exact) mass is 389 g/mol. The number of hydrogen-bond donors (Lipinski definition) is 1. The standard InChI is InChI=1S/C25H28N2O2/c1-27(2)22-11-8-19(9-12-22)17-26-15-14-23(20-6-4-3-5-7-20)21-10-13-24-25(16-21)29-18-28-24/h3-13,16,23,26H,14-15,17-18H2,1-2H3/p+1/t23-/m1/s1. The van der Waals surface area contributed by atoms with Crippen LogP contribution in [0.3, 0.4) is 0 Å². The van der Waals surface area contributed by atoms with E-state index in [0.29, 0.717) is 12.7 Å². The zero-order chi connectivity index (χ0) is 20.1. The SMILES string of the molecule is CN(C)c1ccc(C[NH2+]CC[C@H](c2ccccc2)c2ccc3c(c2)OCO3)cc1. The Kier molecular flexibility index (Phi) is 6.01. The minimum Gasteiger partial charge on any atom is -0.454 e. The number of rotatable bonds is 8. The number of nitrogens with zero attached hydrogens (tertiary/aromatic N) is 1. The number of nitrogens with two attached hydrogens (primary N) is 1. The van der Waals surface area contributed by atoms with Crippen LogP contribution in [0.2, 0.25) is 0 Å². The third-order valence-corrected chi connectivity index (χ3v) is 5.49. The van der Waals surface area contributed by atoms with E-state index in [0.717, 1.165) is 31.0 Å². The summed E-state index contributed by atoms with van der Waals surface area (Å²) in [7, 11) is 4.14. The molecule has 1 heterocycles. The predicted molar refractivity (Wildman–Crippen MR) is 117 cm³/mol. The first kappa shape index (κ1) is 19.3. The van der Waals surface area contributed by atoms with Crippen LogP contribution in [-0.2, 0) is 6.54 Å². The zero-order valence-electron chi connectivity index (χ0n) is 17.2. The Bertz CT molecular complexity index is 923. The maximum atomic E-state index is 5.60. The summed E-state index contributed by atoms with van der Waals surface area (Å²) in [6.07, 6.45) is 1.07. The second-order valence-corrected chi connectivity index (χ2v) is 7.71. The Morgan fingerprint density at radius 1 is 0.862 bits per heavy atom. The van der Waals surface area contributed by atoms with Gasteiger partial charge in [-0.25, -0.2) is 0 Å². The molecule has 0 aromatic heterocycles. The summed E-state index contributed by atoms with van der Waals surface area (Å²) in [6, 6.07) is 25.9. The molecule has 0 aliphatic carbocycles. The highest BCUT2D eigenvalue weighted by atomic mass is 16.7. The Morgan fingerprint density at radius 3 is 2.38 bits per heavy atom. The molecule has 4 nitrogen and oxygen atoms in total. The van der Waals surface area contributed by atoms with Crippen molar-refractivity contribution in [1.82, 2.24) is 0 Å². The number of quaternary nitrogens is 1. The van der Waals surface area contributed by atoms with E-state index < -0.39 is 0 Å². The Morgan fingerprint density at radius 2 is 1.62 bits per heavy atom. The van der Waals surface area contributed by atoms with Crippen LogP contribution in [0, 0.1) is 0 Å². The van der Waals surface area contributed by atoms with Crippen LogP contribution in [0.1, 0.15) is 29.0 Å². The Balaban J connectivity index is 1.41. The van der Waals surface area contributed by atoms with Gasteiger partial charge in [-0.2, -0.15) is 0 Å². The lowest BCUT2D eigenvalue weighted by Gasteiger charge is -2.18. The molecule has 1 atom stereocenters. The number of hydrogen-bond acceptors (Lipinski definition) is 3. The molecule has 150 valence electrons. The number of benzene rings is 3. The summed E-state index contributed by atoms with van der Waals surface area (Å²) in [5.74, 6) is 2.04. The van der Waals surface area contributed by atoms with Gasteiger partial charge < -0.3 is 19.7 Å². The van der Waals surface area contributed by atoms with Crippen molar-refractivity contribution in [1.29, 1.82) is 0 Å². The van der Waals surface area contributed by atoms with Crippen LogP contribution in [0.25, 0.3) is 0 Å². The molecule has 0 unspecified atom stereocenters. The molecule has 1 aliphatic rings. The maximum Gasteiger partial charge on any atom is 0.231 e. The van der Waals surface area contributed by atoms with Crippen molar-refractivity contribution in [3.8, 4) is 11.5 Å². The predicted octanol–water partition coefficient (Wildman–Crippen LogP) is 3.77. The topological polar surface area (TPSA) is 38.3 Å². The van der Waals surface area contributed by atoms with Crippen LogP contribution in [0.5, 0.6) is 11.5 Å². The molecule has 0 spiro atoms. The van der Waals surface area contributed by atoms with Gasteiger partial charge in [0, 0.05) is 37.7 Å². The smallest absolute Gasteiger partial charge is 0.231 e. The van der Waals surface area contributed by atoms with Gasteiger partial charge in [0.25, 0.3) is 0 Å². The van der Waals surface area contributed by atoms with Crippen molar-refractivity contribution in [3.05, 3.63) is 89.5 Å². The van der Waals surface area contributed by atoms with E-state index in [9.17, 15) is 0 Å². The molecule has 3 aromatic rings. The molecule has 0 bridgehead atoms. The van der Waals surface area contributed by atoms with Crippen molar-refractivity contribution in [3.63, 3.8) is 0 Å². The number of ether oxygens (including phenoxy) is 2. The molecule has 0 amide bonds. The average Bonchev–Trinajstić information content (AvgIpc) is 3.22. The van der Waals surface area contributed by atoms with Gasteiger partial charge in [-0.05, 0) is 35.4 Å². The second kappa shape index (κ2) is 9.01. The van der Waals surface area contributed by atoms with Crippen LogP contribution in [-0.4, -0.2) is 27.4 Å². The summed E-state index contributed by atoms with van der Waals surface area (Å²) in [4.78, 5) is 2.13. The van der Waals surface area contributed by atoms with Crippen LogP contribution < -0.4 is 19.7 Å². The molecule has 4 rings (SSSR count). The van der Waals surface area contributed by atoms with Crippen LogP contribution in [0.4, 0.5) is 5.69 Å². The van der Waals surface area contributed by atoms with Crippen LogP contribution >= 0.6 is 0 Å². The highest BCUT2D eigenvalue weighted by molar-refractivity contribution is 5.47. The first-order valence-electron chi connectivity index (χ1n) is 10.2. The second-order valence-electron chi connectivity index (χ2n) is 7.71. The van der Waals surface area contributed by atoms with Gasteiger partial charge >= 0.3 is 0 Å². The van der Waals surface area contributed by atoms with E-state index in [-0.39, 0.29) is 0 Å². The van der Waals surface area contributed by atoms with Crippen molar-refractivity contribution < 1.29 is 14.8 Å². The highest BCUT2D eigenvalue weighted by Gasteiger charge is 2.19. The lowest BCUT2D eigenvalue weighted by atomic mass is 9.88. The van der Waals surface area contributed by atoms with Gasteiger partial charge in [-0.3, -0.25) is 0 Å². The normalized spacial score (nSPS) is 13.3. The van der Waals surface area contributed by atoms with Gasteiger partial charge in [-0.1, -0.05) is 48.5 Å². The van der Waals surface area contributed by atoms with Crippen molar-refractivity contribution >= 4 is 5.69 Å². The number of anilines is 1. The first-order valence-corrected chi connectivity index (χ1v) is 10.2. The molecular formula is C25H29N2O2+. The Hall–Kier alpha value is -2.98. The van der Waals surface area contributed by atoms with Crippen molar-refractivity contribution in [2.45, 2.75) is 18.9 Å². The first-order chi connectivity index (χ1) is 14.2. The molecule has 1 aliphatic heterocycles. The molecule has 3 aromatic carbocycles. The fourth-order valence-electron chi connectivity index (χ4n) is 3.82. The molecule has 0 radical (unpaired) electrons. The van der Waals surface area contributed by atoms with E-state index in [1.165, 1.54) is 22.4 Å². The van der Waals surface area contributed by atoms with Gasteiger partial charge in [0.2, 0.25) is 6.79 Å². The van der Waals surface area contributed by atoms with Gasteiger partial charge in [-0.15, -0.1) is 0 Å². The fourth-order valence-corrected chi connectivity index (χ4v) is 3.82. The summed E-state index contributed by atoms with van der Waals surface area (Å²) in [5.41, 5.74) is 5.22. The van der Waals surface area contributed by atoms with Gasteiger partial charge in [0.05, 0.1) is 6.54 Å². The molecule has 29 heavy (non-hydrogen) atoms. The van der Waals surface area contributed by atoms with Crippen molar-refractivity contribution in [2.75, 3.05) is 32.3 Å². The van der Waals surface area contributed by atoms with E-state index in [1.807, 2.05) is 6.07 Å². The molecular weight excluding hydrogens is 360 g/mol. The molecule has 0 saturated carbocycles. The van der Waals surface area contributed by atoms with Gasteiger partial charge in [0.15, 0.2) is 11.5 Å².